The maximum atomic E-state index is 5.23. The second-order valence-electron chi connectivity index (χ2n) is 4.39. The van der Waals surface area contributed by atoms with E-state index in [0.29, 0.717) is 0 Å². The number of methoxy groups -OCH3 is 1. The van der Waals surface area contributed by atoms with Crippen LogP contribution in [0.3, 0.4) is 0 Å². The van der Waals surface area contributed by atoms with Crippen molar-refractivity contribution in [1.29, 1.82) is 0 Å². The number of ether oxygens (including phenoxy) is 1. The van der Waals surface area contributed by atoms with Gasteiger partial charge in [-0.15, -0.1) is 0 Å². The Labute approximate surface area is 106 Å². The lowest BCUT2D eigenvalue weighted by Gasteiger charge is -2.01. The summed E-state index contributed by atoms with van der Waals surface area (Å²) in [5, 5.41) is 1.26. The Morgan fingerprint density at radius 3 is 2.67 bits per heavy atom. The van der Waals surface area contributed by atoms with Gasteiger partial charge in [0.1, 0.15) is 5.75 Å². The monoisotopic (exact) mass is 237 g/mol. The lowest BCUT2D eigenvalue weighted by atomic mass is 10.0. The van der Waals surface area contributed by atoms with Crippen molar-refractivity contribution < 1.29 is 4.74 Å². The molecule has 1 N–H and O–H groups in total. The van der Waals surface area contributed by atoms with E-state index < -0.39 is 0 Å². The number of nitrogens with one attached hydrogen (secondary N) is 1. The van der Waals surface area contributed by atoms with Gasteiger partial charge in [0.15, 0.2) is 0 Å². The summed E-state index contributed by atoms with van der Waals surface area (Å²) in [6.07, 6.45) is 3.03. The molecule has 2 aromatic carbocycles. The molecule has 2 nitrogen and oxygen atoms in total. The van der Waals surface area contributed by atoms with Gasteiger partial charge in [-0.1, -0.05) is 30.3 Å². The number of benzene rings is 2. The molecule has 0 unspecified atom stereocenters. The summed E-state index contributed by atoms with van der Waals surface area (Å²) in [5.74, 6) is 0.885. The molecule has 0 aliphatic carbocycles. The third-order valence-electron chi connectivity index (χ3n) is 3.21. The van der Waals surface area contributed by atoms with Crippen molar-refractivity contribution in [3.8, 4) is 5.75 Å². The van der Waals surface area contributed by atoms with Crippen LogP contribution in [0.15, 0.2) is 54.7 Å². The van der Waals surface area contributed by atoms with Crippen LogP contribution in [0, 0.1) is 0 Å². The fourth-order valence-corrected chi connectivity index (χ4v) is 2.25. The highest BCUT2D eigenvalue weighted by Crippen LogP contribution is 2.24. The molecule has 2 heteroatoms. The highest BCUT2D eigenvalue weighted by Gasteiger charge is 2.05. The van der Waals surface area contributed by atoms with Crippen LogP contribution in [0.5, 0.6) is 5.75 Å². The van der Waals surface area contributed by atoms with Gasteiger partial charge in [-0.3, -0.25) is 0 Å². The van der Waals surface area contributed by atoms with Gasteiger partial charge in [0.25, 0.3) is 0 Å². The Morgan fingerprint density at radius 1 is 1.06 bits per heavy atom. The molecule has 0 radical (unpaired) electrons. The Morgan fingerprint density at radius 2 is 1.89 bits per heavy atom. The summed E-state index contributed by atoms with van der Waals surface area (Å²) in [5.41, 5.74) is 3.77. The van der Waals surface area contributed by atoms with Gasteiger partial charge in [-0.2, -0.15) is 0 Å². The van der Waals surface area contributed by atoms with Crippen LogP contribution in [0.1, 0.15) is 11.1 Å². The number of H-pyrrole nitrogens is 1. The normalized spacial score (nSPS) is 10.7. The Hall–Kier alpha value is -2.22. The zero-order chi connectivity index (χ0) is 12.4. The minimum Gasteiger partial charge on any atom is -0.497 e. The first-order valence-corrected chi connectivity index (χ1v) is 6.05. The van der Waals surface area contributed by atoms with E-state index in [1.807, 2.05) is 18.2 Å². The predicted octanol–water partition coefficient (Wildman–Crippen LogP) is 3.77. The van der Waals surface area contributed by atoms with Gasteiger partial charge in [0.2, 0.25) is 0 Å². The quantitative estimate of drug-likeness (QED) is 0.737. The average molecular weight is 237 g/mol. The Bertz CT molecular complexity index is 655. The van der Waals surface area contributed by atoms with E-state index in [-0.39, 0.29) is 0 Å². The first-order chi connectivity index (χ1) is 8.86. The van der Waals surface area contributed by atoms with E-state index in [1.54, 1.807) is 7.11 Å². The van der Waals surface area contributed by atoms with Crippen molar-refractivity contribution >= 4 is 10.9 Å². The second-order valence-corrected chi connectivity index (χ2v) is 4.39. The molecule has 0 amide bonds. The van der Waals surface area contributed by atoms with E-state index in [0.717, 1.165) is 17.7 Å². The molecule has 1 aromatic heterocycles. The summed E-state index contributed by atoms with van der Waals surface area (Å²) in [6, 6.07) is 16.7. The van der Waals surface area contributed by atoms with Crippen LogP contribution in [0.4, 0.5) is 0 Å². The minimum absolute atomic E-state index is 0.885. The van der Waals surface area contributed by atoms with Crippen LogP contribution in [-0.2, 0) is 6.42 Å². The maximum Gasteiger partial charge on any atom is 0.120 e. The molecule has 18 heavy (non-hydrogen) atoms. The van der Waals surface area contributed by atoms with Gasteiger partial charge in [-0.05, 0) is 29.7 Å². The average Bonchev–Trinajstić information content (AvgIpc) is 2.82. The summed E-state index contributed by atoms with van der Waals surface area (Å²) in [6.45, 7) is 0. The molecular weight excluding hydrogens is 222 g/mol. The molecule has 0 fully saturated rings. The van der Waals surface area contributed by atoms with Crippen LogP contribution >= 0.6 is 0 Å². The molecule has 0 saturated heterocycles. The molecule has 0 atom stereocenters. The van der Waals surface area contributed by atoms with Crippen molar-refractivity contribution in [3.63, 3.8) is 0 Å². The van der Waals surface area contributed by atoms with Crippen LogP contribution in [-0.4, -0.2) is 12.1 Å². The first-order valence-electron chi connectivity index (χ1n) is 6.05. The fraction of sp³-hybridized carbons (Fsp3) is 0.125. The fourth-order valence-electron chi connectivity index (χ4n) is 2.25. The van der Waals surface area contributed by atoms with Gasteiger partial charge in [-0.25, -0.2) is 0 Å². The Balaban J connectivity index is 1.98. The number of hydrogen-bond acceptors (Lipinski definition) is 1. The third-order valence-corrected chi connectivity index (χ3v) is 3.21. The number of aromatic nitrogens is 1. The van der Waals surface area contributed by atoms with E-state index in [4.69, 9.17) is 4.74 Å². The molecule has 3 rings (SSSR count). The van der Waals surface area contributed by atoms with E-state index in [9.17, 15) is 0 Å². The molecular formula is C16H15NO. The molecule has 0 aliphatic heterocycles. The van der Waals surface area contributed by atoms with Crippen molar-refractivity contribution in [2.24, 2.45) is 0 Å². The highest BCUT2D eigenvalue weighted by atomic mass is 16.5. The zero-order valence-corrected chi connectivity index (χ0v) is 10.3. The second kappa shape index (κ2) is 4.57. The molecule has 0 spiro atoms. The molecule has 1 heterocycles. The number of rotatable bonds is 3. The van der Waals surface area contributed by atoms with Crippen molar-refractivity contribution in [3.05, 3.63) is 65.9 Å². The molecule has 90 valence electrons. The van der Waals surface area contributed by atoms with Crippen LogP contribution in [0.2, 0.25) is 0 Å². The van der Waals surface area contributed by atoms with E-state index >= 15 is 0 Å². The maximum absolute atomic E-state index is 5.23. The predicted molar refractivity (Wildman–Crippen MR) is 74.1 cm³/mol. The SMILES string of the molecule is COc1ccc2c(Cc3ccccc3)c[nH]c2c1. The van der Waals surface area contributed by atoms with Gasteiger partial charge in [0.05, 0.1) is 7.11 Å². The first kappa shape index (κ1) is 10.9. The van der Waals surface area contributed by atoms with Crippen LogP contribution < -0.4 is 4.74 Å². The summed E-state index contributed by atoms with van der Waals surface area (Å²) in [4.78, 5) is 3.30. The van der Waals surface area contributed by atoms with Gasteiger partial charge in [0, 0.05) is 23.2 Å². The highest BCUT2D eigenvalue weighted by molar-refractivity contribution is 5.84. The molecule has 0 saturated carbocycles. The standard InChI is InChI=1S/C16H15NO/c1-18-14-7-8-15-13(11-17-16(15)10-14)9-12-5-3-2-4-6-12/h2-8,10-11,17H,9H2,1H3. The summed E-state index contributed by atoms with van der Waals surface area (Å²) >= 11 is 0. The smallest absolute Gasteiger partial charge is 0.120 e. The number of fused-ring (bicyclic) bond motifs is 1. The molecule has 0 bridgehead atoms. The van der Waals surface area contributed by atoms with Gasteiger partial charge < -0.3 is 9.72 Å². The van der Waals surface area contributed by atoms with E-state index in [2.05, 4.69) is 41.5 Å². The van der Waals surface area contributed by atoms with E-state index in [1.165, 1.54) is 16.5 Å². The topological polar surface area (TPSA) is 25.0 Å². The Kier molecular flexibility index (Phi) is 2.77. The largest absolute Gasteiger partial charge is 0.497 e. The minimum atomic E-state index is 0.885. The van der Waals surface area contributed by atoms with Crippen LogP contribution in [0.25, 0.3) is 10.9 Å². The lowest BCUT2D eigenvalue weighted by molar-refractivity contribution is 0.415. The van der Waals surface area contributed by atoms with Crippen molar-refractivity contribution in [2.75, 3.05) is 7.11 Å². The number of aromatic amines is 1. The summed E-state index contributed by atoms with van der Waals surface area (Å²) < 4.78 is 5.23. The van der Waals surface area contributed by atoms with Crippen molar-refractivity contribution in [1.82, 2.24) is 4.98 Å². The number of hydrogen-bond donors (Lipinski definition) is 1. The lowest BCUT2D eigenvalue weighted by Crippen LogP contribution is -1.86. The summed E-state index contributed by atoms with van der Waals surface area (Å²) in [7, 11) is 1.69. The van der Waals surface area contributed by atoms with Gasteiger partial charge >= 0.3 is 0 Å². The molecule has 0 aliphatic rings. The van der Waals surface area contributed by atoms with Crippen molar-refractivity contribution in [2.45, 2.75) is 6.42 Å². The third kappa shape index (κ3) is 1.97. The zero-order valence-electron chi connectivity index (χ0n) is 10.3. The molecule has 3 aromatic rings.